The summed E-state index contributed by atoms with van der Waals surface area (Å²) in [5, 5.41) is 0. The van der Waals surface area contributed by atoms with Gasteiger partial charge >= 0.3 is 0 Å². The highest BCUT2D eigenvalue weighted by molar-refractivity contribution is 6.19. The molecule has 2 aliphatic rings. The Hall–Kier alpha value is -1.02. The molecule has 0 bridgehead atoms. The van der Waals surface area contributed by atoms with E-state index in [1.165, 1.54) is 30.4 Å². The molecule has 1 fully saturated rings. The number of alkyl halides is 1. The summed E-state index contributed by atoms with van der Waals surface area (Å²) >= 11 is 5.88. The van der Waals surface area contributed by atoms with E-state index in [2.05, 4.69) is 36.9 Å². The zero-order valence-corrected chi connectivity index (χ0v) is 14.5. The molecule has 1 spiro atoms. The first-order valence-electron chi connectivity index (χ1n) is 8.57. The molecule has 1 unspecified atom stereocenters. The lowest BCUT2D eigenvalue weighted by molar-refractivity contribution is -0.120. The predicted molar refractivity (Wildman–Crippen MR) is 92.9 cm³/mol. The van der Waals surface area contributed by atoms with Crippen molar-refractivity contribution >= 4 is 23.2 Å². The van der Waals surface area contributed by atoms with Crippen LogP contribution in [0.3, 0.4) is 0 Å². The number of nitrogens with zero attached hydrogens (tertiary/aromatic N) is 1. The third-order valence-electron chi connectivity index (χ3n) is 5.46. The van der Waals surface area contributed by atoms with E-state index >= 15 is 0 Å². The van der Waals surface area contributed by atoms with E-state index in [0.29, 0.717) is 18.2 Å². The number of anilines is 1. The highest BCUT2D eigenvalue weighted by atomic mass is 35.5. The van der Waals surface area contributed by atoms with Crippen molar-refractivity contribution in [2.75, 3.05) is 10.8 Å². The summed E-state index contributed by atoms with van der Waals surface area (Å²) in [6, 6.07) is 6.55. The molecule has 2 nitrogen and oxygen atoms in total. The Kier molecular flexibility index (Phi) is 4.49. The van der Waals surface area contributed by atoms with Gasteiger partial charge in [0.25, 0.3) is 0 Å². The quantitative estimate of drug-likeness (QED) is 0.689. The van der Waals surface area contributed by atoms with Crippen LogP contribution in [0.5, 0.6) is 0 Å². The SMILES string of the molecule is Cc1ccc2c(c1)C(C)CC1(CCCCC1)N2C(=O)CCCl. The van der Waals surface area contributed by atoms with Crippen molar-refractivity contribution in [1.82, 2.24) is 0 Å². The van der Waals surface area contributed by atoms with Crippen molar-refractivity contribution < 1.29 is 4.79 Å². The van der Waals surface area contributed by atoms with Crippen LogP contribution in [-0.4, -0.2) is 17.3 Å². The maximum Gasteiger partial charge on any atom is 0.228 e. The molecule has 1 aromatic rings. The van der Waals surface area contributed by atoms with Crippen molar-refractivity contribution in [1.29, 1.82) is 0 Å². The lowest BCUT2D eigenvalue weighted by atomic mass is 9.70. The Balaban J connectivity index is 2.09. The molecular weight excluding hydrogens is 294 g/mol. The molecular formula is C19H26ClNO. The van der Waals surface area contributed by atoms with Crippen LogP contribution in [0.4, 0.5) is 5.69 Å². The first-order valence-corrected chi connectivity index (χ1v) is 9.10. The summed E-state index contributed by atoms with van der Waals surface area (Å²) in [6.07, 6.45) is 7.57. The number of benzene rings is 1. The third-order valence-corrected chi connectivity index (χ3v) is 5.65. The maximum atomic E-state index is 12.9. The zero-order chi connectivity index (χ0) is 15.7. The second kappa shape index (κ2) is 6.23. The van der Waals surface area contributed by atoms with Gasteiger partial charge in [-0.2, -0.15) is 0 Å². The van der Waals surface area contributed by atoms with Crippen LogP contribution in [0.25, 0.3) is 0 Å². The molecule has 0 saturated heterocycles. The first kappa shape index (κ1) is 15.9. The molecule has 1 aliphatic heterocycles. The summed E-state index contributed by atoms with van der Waals surface area (Å²) in [4.78, 5) is 15.0. The summed E-state index contributed by atoms with van der Waals surface area (Å²) in [6.45, 7) is 4.45. The molecule has 0 radical (unpaired) electrons. The number of hydrogen-bond donors (Lipinski definition) is 0. The Morgan fingerprint density at radius 2 is 2.05 bits per heavy atom. The van der Waals surface area contributed by atoms with Crippen LogP contribution in [0.1, 0.15) is 68.9 Å². The molecule has 1 heterocycles. The highest BCUT2D eigenvalue weighted by Gasteiger charge is 2.46. The zero-order valence-electron chi connectivity index (χ0n) is 13.7. The van der Waals surface area contributed by atoms with Gasteiger partial charge in [-0.05, 0) is 43.7 Å². The Labute approximate surface area is 138 Å². The van der Waals surface area contributed by atoms with Gasteiger partial charge in [0, 0.05) is 23.5 Å². The van der Waals surface area contributed by atoms with Crippen LogP contribution in [0.15, 0.2) is 18.2 Å². The number of aryl methyl sites for hydroxylation is 1. The summed E-state index contributed by atoms with van der Waals surface area (Å²) in [5.41, 5.74) is 3.78. The largest absolute Gasteiger partial charge is 0.306 e. The van der Waals surface area contributed by atoms with Gasteiger partial charge in [0.15, 0.2) is 0 Å². The molecule has 1 aromatic carbocycles. The third kappa shape index (κ3) is 2.67. The minimum absolute atomic E-state index is 0.0308. The summed E-state index contributed by atoms with van der Waals surface area (Å²) < 4.78 is 0. The average Bonchev–Trinajstić information content (AvgIpc) is 2.49. The van der Waals surface area contributed by atoms with Crippen molar-refractivity contribution in [3.8, 4) is 0 Å². The second-order valence-corrected chi connectivity index (χ2v) is 7.50. The first-order chi connectivity index (χ1) is 10.6. The smallest absolute Gasteiger partial charge is 0.228 e. The highest BCUT2D eigenvalue weighted by Crippen LogP contribution is 2.50. The fourth-order valence-electron chi connectivity index (χ4n) is 4.53. The lowest BCUT2D eigenvalue weighted by Crippen LogP contribution is -2.56. The molecule has 120 valence electrons. The van der Waals surface area contributed by atoms with Gasteiger partial charge in [-0.15, -0.1) is 11.6 Å². The number of fused-ring (bicyclic) bond motifs is 1. The normalized spacial score (nSPS) is 23.4. The second-order valence-electron chi connectivity index (χ2n) is 7.12. The van der Waals surface area contributed by atoms with Crippen LogP contribution in [0.2, 0.25) is 0 Å². The Morgan fingerprint density at radius 1 is 1.32 bits per heavy atom. The Morgan fingerprint density at radius 3 is 2.73 bits per heavy atom. The van der Waals surface area contributed by atoms with Gasteiger partial charge < -0.3 is 4.90 Å². The minimum atomic E-state index is 0.0308. The molecule has 1 atom stereocenters. The minimum Gasteiger partial charge on any atom is -0.306 e. The number of amides is 1. The van der Waals surface area contributed by atoms with E-state index < -0.39 is 0 Å². The van der Waals surface area contributed by atoms with E-state index in [1.54, 1.807) is 0 Å². The van der Waals surface area contributed by atoms with E-state index in [4.69, 9.17) is 11.6 Å². The fraction of sp³-hybridized carbons (Fsp3) is 0.632. The van der Waals surface area contributed by atoms with Crippen LogP contribution in [-0.2, 0) is 4.79 Å². The van der Waals surface area contributed by atoms with E-state index in [0.717, 1.165) is 24.9 Å². The molecule has 22 heavy (non-hydrogen) atoms. The molecule has 0 aromatic heterocycles. The van der Waals surface area contributed by atoms with E-state index in [-0.39, 0.29) is 11.4 Å². The van der Waals surface area contributed by atoms with Crippen molar-refractivity contribution in [2.24, 2.45) is 0 Å². The van der Waals surface area contributed by atoms with Crippen LogP contribution < -0.4 is 4.90 Å². The number of hydrogen-bond acceptors (Lipinski definition) is 1. The molecule has 1 aliphatic carbocycles. The summed E-state index contributed by atoms with van der Waals surface area (Å²) in [5.74, 6) is 1.13. The molecule has 3 heteroatoms. The van der Waals surface area contributed by atoms with Crippen molar-refractivity contribution in [3.63, 3.8) is 0 Å². The standard InChI is InChI=1S/C19H26ClNO/c1-14-6-7-17-16(12-14)15(2)13-19(9-4-3-5-10-19)21(17)18(22)8-11-20/h6-7,12,15H,3-5,8-11,13H2,1-2H3. The topological polar surface area (TPSA) is 20.3 Å². The Bertz CT molecular complexity index is 563. The monoisotopic (exact) mass is 319 g/mol. The van der Waals surface area contributed by atoms with E-state index in [9.17, 15) is 4.79 Å². The number of carbonyl (C=O) groups excluding carboxylic acids is 1. The van der Waals surface area contributed by atoms with E-state index in [1.807, 2.05) is 0 Å². The van der Waals surface area contributed by atoms with Gasteiger partial charge in [0.2, 0.25) is 5.91 Å². The van der Waals surface area contributed by atoms with Crippen LogP contribution >= 0.6 is 11.6 Å². The predicted octanol–water partition coefficient (Wildman–Crippen LogP) is 5.17. The van der Waals surface area contributed by atoms with Gasteiger partial charge in [0.1, 0.15) is 0 Å². The molecule has 1 amide bonds. The van der Waals surface area contributed by atoms with Crippen molar-refractivity contribution in [2.45, 2.75) is 70.3 Å². The van der Waals surface area contributed by atoms with Crippen LogP contribution in [0, 0.1) is 6.92 Å². The van der Waals surface area contributed by atoms with Gasteiger partial charge in [-0.1, -0.05) is 43.9 Å². The van der Waals surface area contributed by atoms with Gasteiger partial charge in [-0.3, -0.25) is 4.79 Å². The molecule has 3 rings (SSSR count). The fourth-order valence-corrected chi connectivity index (χ4v) is 4.69. The lowest BCUT2D eigenvalue weighted by Gasteiger charge is -2.52. The molecule has 1 saturated carbocycles. The number of halogens is 1. The average molecular weight is 320 g/mol. The van der Waals surface area contributed by atoms with Gasteiger partial charge in [-0.25, -0.2) is 0 Å². The number of carbonyl (C=O) groups is 1. The van der Waals surface area contributed by atoms with Crippen molar-refractivity contribution in [3.05, 3.63) is 29.3 Å². The molecule has 0 N–H and O–H groups in total. The number of rotatable bonds is 2. The summed E-state index contributed by atoms with van der Waals surface area (Å²) in [7, 11) is 0. The maximum absolute atomic E-state index is 12.9. The van der Waals surface area contributed by atoms with Gasteiger partial charge in [0.05, 0.1) is 0 Å².